The van der Waals surface area contributed by atoms with E-state index in [4.69, 9.17) is 14.1 Å². The van der Waals surface area contributed by atoms with Crippen molar-refractivity contribution in [1.29, 1.82) is 0 Å². The lowest BCUT2D eigenvalue weighted by molar-refractivity contribution is 0.415. The standard InChI is InChI=1S/C28H35NO3/c1-31-24-16-13-21(14-17-24)28-20-26(25-19-23(30)15-18-27(25)32-28)29-22-11-9-7-5-3-2-4-6-8-10-12-22/h13-20,22,30H,2-12H2,1H3. The molecule has 4 heteroatoms. The molecule has 0 spiro atoms. The van der Waals surface area contributed by atoms with Gasteiger partial charge in [-0.05, 0) is 55.3 Å². The van der Waals surface area contributed by atoms with Crippen molar-refractivity contribution in [1.82, 2.24) is 0 Å². The fraction of sp³-hybridized carbons (Fsp3) is 0.464. The number of methoxy groups -OCH3 is 1. The molecule has 0 amide bonds. The first-order valence-electron chi connectivity index (χ1n) is 12.2. The highest BCUT2D eigenvalue weighted by Crippen LogP contribution is 2.26. The van der Waals surface area contributed by atoms with Gasteiger partial charge in [-0.15, -0.1) is 0 Å². The average Bonchev–Trinajstić information content (AvgIpc) is 2.81. The van der Waals surface area contributed by atoms with Gasteiger partial charge in [-0.1, -0.05) is 57.8 Å². The summed E-state index contributed by atoms with van der Waals surface area (Å²) in [5, 5.41) is 11.9. The van der Waals surface area contributed by atoms with Crippen molar-refractivity contribution in [3.05, 3.63) is 53.9 Å². The van der Waals surface area contributed by atoms with Crippen LogP contribution < -0.4 is 10.1 Å². The van der Waals surface area contributed by atoms with E-state index in [2.05, 4.69) is 0 Å². The van der Waals surface area contributed by atoms with Gasteiger partial charge in [0, 0.05) is 17.0 Å². The first-order valence-corrected chi connectivity index (χ1v) is 12.2. The fourth-order valence-corrected chi connectivity index (χ4v) is 4.63. The lowest BCUT2D eigenvalue weighted by Gasteiger charge is -2.14. The van der Waals surface area contributed by atoms with E-state index in [9.17, 15) is 5.11 Å². The first kappa shape index (κ1) is 22.4. The molecule has 0 unspecified atom stereocenters. The number of fused-ring (bicyclic) bond motifs is 1. The van der Waals surface area contributed by atoms with E-state index < -0.39 is 0 Å². The quantitative estimate of drug-likeness (QED) is 0.468. The Hall–Kier alpha value is -2.75. The van der Waals surface area contributed by atoms with Crippen molar-refractivity contribution in [3.63, 3.8) is 0 Å². The van der Waals surface area contributed by atoms with Gasteiger partial charge in [0.1, 0.15) is 22.8 Å². The first-order chi connectivity index (χ1) is 15.7. The van der Waals surface area contributed by atoms with Crippen molar-refractivity contribution in [3.8, 4) is 22.8 Å². The summed E-state index contributed by atoms with van der Waals surface area (Å²) in [5.74, 6) is 1.83. The Morgan fingerprint density at radius 1 is 0.812 bits per heavy atom. The van der Waals surface area contributed by atoms with E-state index in [0.717, 1.165) is 46.2 Å². The molecule has 1 aromatic heterocycles. The molecule has 0 atom stereocenters. The molecule has 1 fully saturated rings. The third kappa shape index (κ3) is 5.93. The van der Waals surface area contributed by atoms with Crippen LogP contribution in [-0.4, -0.2) is 18.3 Å². The third-order valence-electron chi connectivity index (χ3n) is 6.50. The highest BCUT2D eigenvalue weighted by Gasteiger charge is 2.11. The van der Waals surface area contributed by atoms with Gasteiger partial charge < -0.3 is 14.3 Å². The lowest BCUT2D eigenvalue weighted by atomic mass is 9.98. The molecule has 1 N–H and O–H groups in total. The molecule has 1 aliphatic carbocycles. The van der Waals surface area contributed by atoms with Crippen molar-refractivity contribution >= 4 is 11.0 Å². The van der Waals surface area contributed by atoms with E-state index in [1.54, 1.807) is 19.2 Å². The molecule has 1 aliphatic rings. The topological polar surface area (TPSA) is 55.0 Å². The predicted molar refractivity (Wildman–Crippen MR) is 130 cm³/mol. The second kappa shape index (κ2) is 11.2. The van der Waals surface area contributed by atoms with Crippen molar-refractivity contribution in [2.75, 3.05) is 7.11 Å². The third-order valence-corrected chi connectivity index (χ3v) is 6.50. The highest BCUT2D eigenvalue weighted by molar-refractivity contribution is 5.80. The normalized spacial score (nSPS) is 17.6. The fourth-order valence-electron chi connectivity index (χ4n) is 4.63. The van der Waals surface area contributed by atoms with E-state index in [1.165, 1.54) is 57.8 Å². The van der Waals surface area contributed by atoms with Crippen LogP contribution in [0.2, 0.25) is 0 Å². The Labute approximate surface area is 191 Å². The largest absolute Gasteiger partial charge is 0.508 e. The Kier molecular flexibility index (Phi) is 7.87. The molecule has 0 radical (unpaired) electrons. The summed E-state index contributed by atoms with van der Waals surface area (Å²) >= 11 is 0. The van der Waals surface area contributed by atoms with Gasteiger partial charge in [-0.3, -0.25) is 4.99 Å². The van der Waals surface area contributed by atoms with Crippen LogP contribution in [0.15, 0.2) is 57.9 Å². The summed E-state index contributed by atoms with van der Waals surface area (Å²) in [6.07, 6.45) is 14.2. The van der Waals surface area contributed by atoms with Crippen LogP contribution in [0.1, 0.15) is 70.6 Å². The van der Waals surface area contributed by atoms with Gasteiger partial charge in [-0.25, -0.2) is 0 Å². The van der Waals surface area contributed by atoms with Crippen LogP contribution in [0.4, 0.5) is 0 Å². The zero-order valence-corrected chi connectivity index (χ0v) is 19.2. The van der Waals surface area contributed by atoms with Crippen molar-refractivity contribution in [2.24, 2.45) is 4.99 Å². The van der Waals surface area contributed by atoms with Gasteiger partial charge in [0.15, 0.2) is 0 Å². The molecule has 1 heterocycles. The molecule has 3 aromatic rings. The van der Waals surface area contributed by atoms with Gasteiger partial charge >= 0.3 is 0 Å². The van der Waals surface area contributed by atoms with Crippen LogP contribution in [-0.2, 0) is 0 Å². The zero-order valence-electron chi connectivity index (χ0n) is 19.2. The Morgan fingerprint density at radius 2 is 1.44 bits per heavy atom. The number of phenols is 1. The van der Waals surface area contributed by atoms with Crippen LogP contribution in [0.3, 0.4) is 0 Å². The molecule has 4 rings (SSSR count). The van der Waals surface area contributed by atoms with Gasteiger partial charge in [0.2, 0.25) is 0 Å². The minimum atomic E-state index is 0.236. The summed E-state index contributed by atoms with van der Waals surface area (Å²) < 4.78 is 11.5. The Balaban J connectivity index is 1.71. The minimum absolute atomic E-state index is 0.236. The molecular formula is C28H35NO3. The number of hydrogen-bond donors (Lipinski definition) is 1. The number of aromatic hydroxyl groups is 1. The number of rotatable bonds is 3. The van der Waals surface area contributed by atoms with Crippen molar-refractivity contribution in [2.45, 2.75) is 76.7 Å². The highest BCUT2D eigenvalue weighted by atomic mass is 16.5. The van der Waals surface area contributed by atoms with E-state index >= 15 is 0 Å². The molecule has 2 aromatic carbocycles. The smallest absolute Gasteiger partial charge is 0.137 e. The van der Waals surface area contributed by atoms with Gasteiger partial charge in [-0.2, -0.15) is 0 Å². The summed E-state index contributed by atoms with van der Waals surface area (Å²) in [7, 11) is 1.67. The molecule has 32 heavy (non-hydrogen) atoms. The Morgan fingerprint density at radius 3 is 2.06 bits per heavy atom. The predicted octanol–water partition coefficient (Wildman–Crippen LogP) is 7.39. The van der Waals surface area contributed by atoms with Crippen LogP contribution in [0.5, 0.6) is 11.5 Å². The number of hydrogen-bond acceptors (Lipinski definition) is 4. The summed E-state index contributed by atoms with van der Waals surface area (Å²) in [5.41, 5.74) is 1.72. The molecule has 0 saturated heterocycles. The Bertz CT molecular complexity index is 1060. The maximum atomic E-state index is 10.1. The molecule has 170 valence electrons. The maximum Gasteiger partial charge on any atom is 0.137 e. The molecule has 4 nitrogen and oxygen atoms in total. The van der Waals surface area contributed by atoms with E-state index in [-0.39, 0.29) is 5.75 Å². The summed E-state index contributed by atoms with van der Waals surface area (Å²) in [4.78, 5) is 5.24. The molecule has 1 saturated carbocycles. The van der Waals surface area contributed by atoms with Crippen LogP contribution >= 0.6 is 0 Å². The molecule has 0 aliphatic heterocycles. The number of phenolic OH excluding ortho intramolecular Hbond substituents is 1. The van der Waals surface area contributed by atoms with E-state index in [1.807, 2.05) is 36.4 Å². The lowest BCUT2D eigenvalue weighted by Crippen LogP contribution is -2.13. The van der Waals surface area contributed by atoms with Crippen LogP contribution in [0, 0.1) is 0 Å². The van der Waals surface area contributed by atoms with Crippen LogP contribution in [0.25, 0.3) is 22.3 Å². The second-order valence-corrected chi connectivity index (χ2v) is 8.95. The average molecular weight is 434 g/mol. The summed E-state index contributed by atoms with van der Waals surface area (Å²) in [6, 6.07) is 15.5. The minimum Gasteiger partial charge on any atom is -0.508 e. The van der Waals surface area contributed by atoms with E-state index in [0.29, 0.717) is 6.04 Å². The SMILES string of the molecule is COc1ccc(-c2cc(=NC3CCCCCCCCCCC3)c3cc(O)ccc3o2)cc1. The number of benzene rings is 2. The zero-order chi connectivity index (χ0) is 22.2. The maximum absolute atomic E-state index is 10.1. The molecular weight excluding hydrogens is 398 g/mol. The van der Waals surface area contributed by atoms with Crippen molar-refractivity contribution < 1.29 is 14.3 Å². The second-order valence-electron chi connectivity index (χ2n) is 8.95. The van der Waals surface area contributed by atoms with Gasteiger partial charge in [0.05, 0.1) is 18.5 Å². The number of nitrogens with zero attached hydrogens (tertiary/aromatic N) is 1. The van der Waals surface area contributed by atoms with Gasteiger partial charge in [0.25, 0.3) is 0 Å². The summed E-state index contributed by atoms with van der Waals surface area (Å²) in [6.45, 7) is 0. The number of ether oxygens (including phenoxy) is 1. The molecule has 0 bridgehead atoms. The monoisotopic (exact) mass is 433 g/mol.